The molecule has 0 aliphatic carbocycles. The summed E-state index contributed by atoms with van der Waals surface area (Å²) in [6.45, 7) is 3.03. The standard InChI is InChI=1S/C16H22N2O6/c1-9(2)14(16(21)22)18-13(19)8-17-15(20)10-5-6-11(23-3)12(7-10)24-4/h5-7,9,14H,8H2,1-4H3,(H,17,20)(H,18,19)(H,21,22)/t14-/m0/s1. The number of ether oxygens (including phenoxy) is 2. The molecular formula is C16H22N2O6. The van der Waals surface area contributed by atoms with Crippen molar-refractivity contribution < 1.29 is 29.0 Å². The van der Waals surface area contributed by atoms with Gasteiger partial charge in [-0.1, -0.05) is 13.8 Å². The van der Waals surface area contributed by atoms with Crippen LogP contribution < -0.4 is 20.1 Å². The molecule has 132 valence electrons. The summed E-state index contributed by atoms with van der Waals surface area (Å²) < 4.78 is 10.2. The zero-order chi connectivity index (χ0) is 18.3. The fourth-order valence-corrected chi connectivity index (χ4v) is 1.98. The Balaban J connectivity index is 2.66. The van der Waals surface area contributed by atoms with Crippen molar-refractivity contribution in [3.63, 3.8) is 0 Å². The number of carbonyl (C=O) groups is 3. The summed E-state index contributed by atoms with van der Waals surface area (Å²) >= 11 is 0. The average molecular weight is 338 g/mol. The molecule has 0 spiro atoms. The molecule has 2 amide bonds. The number of aliphatic carboxylic acids is 1. The molecule has 0 saturated heterocycles. The number of rotatable bonds is 8. The molecule has 1 rings (SSSR count). The third-order valence-corrected chi connectivity index (χ3v) is 3.30. The normalized spacial score (nSPS) is 11.5. The van der Waals surface area contributed by atoms with Crippen molar-refractivity contribution in [2.75, 3.05) is 20.8 Å². The molecule has 0 unspecified atom stereocenters. The van der Waals surface area contributed by atoms with Crippen LogP contribution in [0.3, 0.4) is 0 Å². The van der Waals surface area contributed by atoms with E-state index in [0.717, 1.165) is 0 Å². The van der Waals surface area contributed by atoms with Gasteiger partial charge < -0.3 is 25.2 Å². The summed E-state index contributed by atoms with van der Waals surface area (Å²) in [5.41, 5.74) is 0.291. The van der Waals surface area contributed by atoms with E-state index >= 15 is 0 Å². The van der Waals surface area contributed by atoms with Crippen molar-refractivity contribution in [3.8, 4) is 11.5 Å². The van der Waals surface area contributed by atoms with Gasteiger partial charge in [-0.2, -0.15) is 0 Å². The van der Waals surface area contributed by atoms with Crippen molar-refractivity contribution in [3.05, 3.63) is 23.8 Å². The number of nitrogens with one attached hydrogen (secondary N) is 2. The van der Waals surface area contributed by atoms with Crippen LogP contribution in [0.5, 0.6) is 11.5 Å². The Morgan fingerprint density at radius 3 is 2.25 bits per heavy atom. The molecule has 3 N–H and O–H groups in total. The molecule has 1 atom stereocenters. The van der Waals surface area contributed by atoms with E-state index in [0.29, 0.717) is 17.1 Å². The summed E-state index contributed by atoms with van der Waals surface area (Å²) in [6.07, 6.45) is 0. The molecule has 0 saturated carbocycles. The molecule has 24 heavy (non-hydrogen) atoms. The zero-order valence-corrected chi connectivity index (χ0v) is 14.1. The Morgan fingerprint density at radius 1 is 1.12 bits per heavy atom. The number of amides is 2. The number of hydrogen-bond acceptors (Lipinski definition) is 5. The van der Waals surface area contributed by atoms with E-state index in [1.165, 1.54) is 26.4 Å². The Morgan fingerprint density at radius 2 is 1.75 bits per heavy atom. The van der Waals surface area contributed by atoms with Crippen molar-refractivity contribution >= 4 is 17.8 Å². The van der Waals surface area contributed by atoms with E-state index in [2.05, 4.69) is 10.6 Å². The SMILES string of the molecule is COc1ccc(C(=O)NCC(=O)N[C@H](C(=O)O)C(C)C)cc1OC. The van der Waals surface area contributed by atoms with Crippen LogP contribution in [0.15, 0.2) is 18.2 Å². The molecule has 1 aromatic carbocycles. The van der Waals surface area contributed by atoms with Crippen LogP contribution in [0.1, 0.15) is 24.2 Å². The summed E-state index contributed by atoms with van der Waals surface area (Å²) in [5, 5.41) is 13.8. The molecule has 0 aromatic heterocycles. The molecule has 8 nitrogen and oxygen atoms in total. The lowest BCUT2D eigenvalue weighted by Gasteiger charge is -2.18. The minimum Gasteiger partial charge on any atom is -0.493 e. The maximum atomic E-state index is 12.1. The van der Waals surface area contributed by atoms with Gasteiger partial charge in [-0.05, 0) is 24.1 Å². The lowest BCUT2D eigenvalue weighted by atomic mass is 10.1. The molecule has 0 fully saturated rings. The van der Waals surface area contributed by atoms with Gasteiger partial charge in [0.15, 0.2) is 11.5 Å². The Hall–Kier alpha value is -2.77. The average Bonchev–Trinajstić information content (AvgIpc) is 2.56. The number of carboxylic acid groups (broad SMARTS) is 1. The van der Waals surface area contributed by atoms with Crippen LogP contribution in [0, 0.1) is 5.92 Å². The first kappa shape index (κ1) is 19.3. The van der Waals surface area contributed by atoms with Gasteiger partial charge in [0.25, 0.3) is 5.91 Å². The smallest absolute Gasteiger partial charge is 0.326 e. The summed E-state index contributed by atoms with van der Waals surface area (Å²) in [5.74, 6) is -1.58. The predicted molar refractivity (Wildman–Crippen MR) is 86.3 cm³/mol. The number of hydrogen-bond donors (Lipinski definition) is 3. The third-order valence-electron chi connectivity index (χ3n) is 3.30. The van der Waals surface area contributed by atoms with Crippen LogP contribution >= 0.6 is 0 Å². The van der Waals surface area contributed by atoms with Crippen molar-refractivity contribution in [2.24, 2.45) is 5.92 Å². The van der Waals surface area contributed by atoms with Gasteiger partial charge in [-0.3, -0.25) is 9.59 Å². The second-order valence-corrected chi connectivity index (χ2v) is 5.38. The Kier molecular flexibility index (Phi) is 7.03. The zero-order valence-electron chi connectivity index (χ0n) is 14.1. The highest BCUT2D eigenvalue weighted by Crippen LogP contribution is 2.27. The third kappa shape index (κ3) is 5.15. The maximum absolute atomic E-state index is 12.1. The predicted octanol–water partition coefficient (Wildman–Crippen LogP) is 0.659. The minimum absolute atomic E-state index is 0.270. The highest BCUT2D eigenvalue weighted by Gasteiger charge is 2.23. The first-order valence-corrected chi connectivity index (χ1v) is 7.32. The van der Waals surface area contributed by atoms with E-state index in [1.807, 2.05) is 0 Å². The molecule has 1 aromatic rings. The number of benzene rings is 1. The highest BCUT2D eigenvalue weighted by molar-refractivity contribution is 5.97. The van der Waals surface area contributed by atoms with Crippen LogP contribution in [0.2, 0.25) is 0 Å². The van der Waals surface area contributed by atoms with Crippen molar-refractivity contribution in [1.82, 2.24) is 10.6 Å². The van der Waals surface area contributed by atoms with E-state index < -0.39 is 23.8 Å². The van der Waals surface area contributed by atoms with E-state index in [1.54, 1.807) is 19.9 Å². The first-order valence-electron chi connectivity index (χ1n) is 7.32. The van der Waals surface area contributed by atoms with Crippen LogP contribution in [0.25, 0.3) is 0 Å². The Labute approximate surface area is 140 Å². The number of methoxy groups -OCH3 is 2. The van der Waals surface area contributed by atoms with Gasteiger partial charge in [0, 0.05) is 5.56 Å². The van der Waals surface area contributed by atoms with Crippen molar-refractivity contribution in [1.29, 1.82) is 0 Å². The topological polar surface area (TPSA) is 114 Å². The molecule has 0 aliphatic heterocycles. The fraction of sp³-hybridized carbons (Fsp3) is 0.438. The van der Waals surface area contributed by atoms with Gasteiger partial charge in [-0.25, -0.2) is 4.79 Å². The van der Waals surface area contributed by atoms with Crippen LogP contribution in [-0.4, -0.2) is 49.7 Å². The second kappa shape index (κ2) is 8.76. The molecule has 0 bridgehead atoms. The van der Waals surface area contributed by atoms with Crippen LogP contribution in [0.4, 0.5) is 0 Å². The number of carboxylic acids is 1. The summed E-state index contributed by atoms with van der Waals surface area (Å²) in [6, 6.07) is 3.59. The van der Waals surface area contributed by atoms with Crippen LogP contribution in [-0.2, 0) is 9.59 Å². The maximum Gasteiger partial charge on any atom is 0.326 e. The Bertz CT molecular complexity index is 615. The lowest BCUT2D eigenvalue weighted by molar-refractivity contribution is -0.142. The quantitative estimate of drug-likeness (QED) is 0.641. The monoisotopic (exact) mass is 338 g/mol. The van der Waals surface area contributed by atoms with E-state index in [-0.39, 0.29) is 12.5 Å². The van der Waals surface area contributed by atoms with E-state index in [4.69, 9.17) is 14.6 Å². The minimum atomic E-state index is -1.12. The molecule has 0 heterocycles. The molecule has 8 heteroatoms. The second-order valence-electron chi connectivity index (χ2n) is 5.38. The van der Waals surface area contributed by atoms with Gasteiger partial charge in [0.05, 0.1) is 20.8 Å². The summed E-state index contributed by atoms with van der Waals surface area (Å²) in [4.78, 5) is 34.9. The highest BCUT2D eigenvalue weighted by atomic mass is 16.5. The fourth-order valence-electron chi connectivity index (χ4n) is 1.98. The molecular weight excluding hydrogens is 316 g/mol. The largest absolute Gasteiger partial charge is 0.493 e. The van der Waals surface area contributed by atoms with Gasteiger partial charge in [0.1, 0.15) is 6.04 Å². The van der Waals surface area contributed by atoms with Gasteiger partial charge in [0.2, 0.25) is 5.91 Å². The first-order chi connectivity index (χ1) is 11.3. The molecule has 0 radical (unpaired) electrons. The molecule has 0 aliphatic rings. The number of carbonyl (C=O) groups excluding carboxylic acids is 2. The van der Waals surface area contributed by atoms with Gasteiger partial charge in [-0.15, -0.1) is 0 Å². The summed E-state index contributed by atoms with van der Waals surface area (Å²) in [7, 11) is 2.93. The lowest BCUT2D eigenvalue weighted by Crippen LogP contribution is -2.48. The van der Waals surface area contributed by atoms with Gasteiger partial charge >= 0.3 is 5.97 Å². The van der Waals surface area contributed by atoms with Crippen molar-refractivity contribution in [2.45, 2.75) is 19.9 Å². The van der Waals surface area contributed by atoms with E-state index in [9.17, 15) is 14.4 Å².